The van der Waals surface area contributed by atoms with Gasteiger partial charge in [0.05, 0.1) is 18.3 Å². The molecular weight excluding hydrogens is 316 g/mol. The topological polar surface area (TPSA) is 34.1 Å². The average Bonchev–Trinajstić information content (AvgIpc) is 2.65. The Balaban J connectivity index is 1.95. The maximum Gasteiger partial charge on any atom is 0.129 e. The minimum atomic E-state index is 0.257. The second-order valence-corrected chi connectivity index (χ2v) is 5.77. The van der Waals surface area contributed by atoms with Crippen LogP contribution in [0.25, 0.3) is 0 Å². The van der Waals surface area contributed by atoms with E-state index in [2.05, 4.69) is 51.4 Å². The van der Waals surface area contributed by atoms with Gasteiger partial charge in [-0.05, 0) is 53.4 Å². The molecule has 0 spiro atoms. The molecular formula is C16H17BrN2O. The van der Waals surface area contributed by atoms with E-state index in [1.165, 1.54) is 11.1 Å². The lowest BCUT2D eigenvalue weighted by molar-refractivity contribution is 0.314. The van der Waals surface area contributed by atoms with Gasteiger partial charge in [0.25, 0.3) is 0 Å². The highest BCUT2D eigenvalue weighted by Crippen LogP contribution is 2.36. The molecule has 0 aliphatic carbocycles. The molecule has 1 unspecified atom stereocenters. The van der Waals surface area contributed by atoms with Gasteiger partial charge in [0, 0.05) is 11.8 Å². The number of aromatic nitrogens is 1. The van der Waals surface area contributed by atoms with Crippen molar-refractivity contribution in [1.82, 2.24) is 4.98 Å². The maximum absolute atomic E-state index is 5.91. The lowest BCUT2D eigenvalue weighted by atomic mass is 9.99. The SMILES string of the molecule is Cc1cccc2c1OCCCC2Nc1cccnc1Br. The average molecular weight is 333 g/mol. The summed E-state index contributed by atoms with van der Waals surface area (Å²) >= 11 is 3.49. The molecule has 0 fully saturated rings. The smallest absolute Gasteiger partial charge is 0.129 e. The Bertz CT molecular complexity index is 615. The fourth-order valence-electron chi connectivity index (χ4n) is 2.60. The van der Waals surface area contributed by atoms with Gasteiger partial charge in [0.15, 0.2) is 0 Å². The lowest BCUT2D eigenvalue weighted by Gasteiger charge is -2.20. The Labute approximate surface area is 127 Å². The van der Waals surface area contributed by atoms with Gasteiger partial charge in [-0.15, -0.1) is 0 Å². The van der Waals surface area contributed by atoms with E-state index in [1.807, 2.05) is 12.1 Å². The molecule has 3 nitrogen and oxygen atoms in total. The molecule has 1 aliphatic rings. The Kier molecular flexibility index (Phi) is 3.92. The number of hydrogen-bond donors (Lipinski definition) is 1. The zero-order chi connectivity index (χ0) is 13.9. The van der Waals surface area contributed by atoms with Crippen LogP contribution >= 0.6 is 15.9 Å². The first-order chi connectivity index (χ1) is 9.75. The normalized spacial score (nSPS) is 17.8. The predicted octanol–water partition coefficient (Wildman–Crippen LogP) is 4.48. The summed E-state index contributed by atoms with van der Waals surface area (Å²) in [6.45, 7) is 2.88. The molecule has 1 aliphatic heterocycles. The van der Waals surface area contributed by atoms with Crippen molar-refractivity contribution in [2.24, 2.45) is 0 Å². The summed E-state index contributed by atoms with van der Waals surface area (Å²) < 4.78 is 6.76. The van der Waals surface area contributed by atoms with Crippen molar-refractivity contribution >= 4 is 21.6 Å². The number of para-hydroxylation sites is 1. The van der Waals surface area contributed by atoms with Crippen molar-refractivity contribution in [3.8, 4) is 5.75 Å². The molecule has 0 saturated carbocycles. The highest BCUT2D eigenvalue weighted by Gasteiger charge is 2.21. The lowest BCUT2D eigenvalue weighted by Crippen LogP contribution is -2.11. The number of halogens is 1. The summed E-state index contributed by atoms with van der Waals surface area (Å²) in [5.41, 5.74) is 3.45. The third kappa shape index (κ3) is 2.66. The van der Waals surface area contributed by atoms with Crippen molar-refractivity contribution < 1.29 is 4.74 Å². The third-order valence-corrected chi connectivity index (χ3v) is 4.22. The van der Waals surface area contributed by atoms with Crippen LogP contribution in [0, 0.1) is 6.92 Å². The molecule has 1 N–H and O–H groups in total. The minimum Gasteiger partial charge on any atom is -0.493 e. The Morgan fingerprint density at radius 1 is 1.30 bits per heavy atom. The molecule has 2 heterocycles. The standard InChI is InChI=1S/C16H17BrN2O/c1-11-5-2-6-12-13(8-4-10-20-15(11)12)19-14-7-3-9-18-16(14)17/h2-3,5-7,9,13,19H,4,8,10H2,1H3. The molecule has 0 saturated heterocycles. The van der Waals surface area contributed by atoms with Crippen LogP contribution in [0.2, 0.25) is 0 Å². The van der Waals surface area contributed by atoms with Crippen LogP contribution < -0.4 is 10.1 Å². The van der Waals surface area contributed by atoms with E-state index in [1.54, 1.807) is 6.20 Å². The second-order valence-electron chi connectivity index (χ2n) is 5.02. The van der Waals surface area contributed by atoms with Gasteiger partial charge in [0.2, 0.25) is 0 Å². The van der Waals surface area contributed by atoms with Crippen LogP contribution in [0.5, 0.6) is 5.75 Å². The van der Waals surface area contributed by atoms with E-state index in [9.17, 15) is 0 Å². The largest absolute Gasteiger partial charge is 0.493 e. The van der Waals surface area contributed by atoms with Gasteiger partial charge in [0.1, 0.15) is 10.4 Å². The van der Waals surface area contributed by atoms with Gasteiger partial charge < -0.3 is 10.1 Å². The molecule has 2 aromatic rings. The van der Waals surface area contributed by atoms with Crippen molar-refractivity contribution in [2.75, 3.05) is 11.9 Å². The first-order valence-corrected chi connectivity index (χ1v) is 7.64. The molecule has 4 heteroatoms. The number of nitrogens with zero attached hydrogens (tertiary/aromatic N) is 1. The molecule has 20 heavy (non-hydrogen) atoms. The number of anilines is 1. The van der Waals surface area contributed by atoms with Crippen LogP contribution in [-0.2, 0) is 0 Å². The fraction of sp³-hybridized carbons (Fsp3) is 0.312. The first-order valence-electron chi connectivity index (χ1n) is 6.85. The van der Waals surface area contributed by atoms with E-state index in [0.717, 1.165) is 35.5 Å². The molecule has 0 amide bonds. The highest BCUT2D eigenvalue weighted by molar-refractivity contribution is 9.10. The van der Waals surface area contributed by atoms with Crippen molar-refractivity contribution in [2.45, 2.75) is 25.8 Å². The number of fused-ring (bicyclic) bond motifs is 1. The number of rotatable bonds is 2. The summed E-state index contributed by atoms with van der Waals surface area (Å²) in [6, 6.07) is 10.6. The van der Waals surface area contributed by atoms with E-state index >= 15 is 0 Å². The zero-order valence-corrected chi connectivity index (χ0v) is 13.0. The van der Waals surface area contributed by atoms with E-state index < -0.39 is 0 Å². The number of pyridine rings is 1. The Morgan fingerprint density at radius 2 is 2.20 bits per heavy atom. The van der Waals surface area contributed by atoms with Gasteiger partial charge in [-0.1, -0.05) is 18.2 Å². The molecule has 3 rings (SSSR count). The van der Waals surface area contributed by atoms with Crippen molar-refractivity contribution in [3.63, 3.8) is 0 Å². The van der Waals surface area contributed by atoms with Crippen molar-refractivity contribution in [3.05, 3.63) is 52.3 Å². The fourth-order valence-corrected chi connectivity index (χ4v) is 2.96. The predicted molar refractivity (Wildman–Crippen MR) is 84.2 cm³/mol. The number of nitrogens with one attached hydrogen (secondary N) is 1. The minimum absolute atomic E-state index is 0.257. The third-order valence-electron chi connectivity index (χ3n) is 3.59. The van der Waals surface area contributed by atoms with E-state index in [-0.39, 0.29) is 6.04 Å². The molecule has 0 bridgehead atoms. The van der Waals surface area contributed by atoms with Crippen LogP contribution in [0.15, 0.2) is 41.1 Å². The van der Waals surface area contributed by atoms with Gasteiger partial charge in [-0.3, -0.25) is 0 Å². The summed E-state index contributed by atoms with van der Waals surface area (Å²) in [4.78, 5) is 4.26. The number of hydrogen-bond acceptors (Lipinski definition) is 3. The molecule has 1 atom stereocenters. The molecule has 1 aromatic carbocycles. The van der Waals surface area contributed by atoms with Gasteiger partial charge in [-0.25, -0.2) is 4.98 Å². The highest BCUT2D eigenvalue weighted by atomic mass is 79.9. The number of benzene rings is 1. The molecule has 0 radical (unpaired) electrons. The Morgan fingerprint density at radius 3 is 3.05 bits per heavy atom. The van der Waals surface area contributed by atoms with Crippen LogP contribution in [-0.4, -0.2) is 11.6 Å². The van der Waals surface area contributed by atoms with Gasteiger partial charge in [-0.2, -0.15) is 0 Å². The summed E-state index contributed by atoms with van der Waals surface area (Å²) in [5.74, 6) is 1.03. The molecule has 1 aromatic heterocycles. The van der Waals surface area contributed by atoms with Crippen LogP contribution in [0.4, 0.5) is 5.69 Å². The van der Waals surface area contributed by atoms with E-state index in [4.69, 9.17) is 4.74 Å². The Hall–Kier alpha value is -1.55. The second kappa shape index (κ2) is 5.83. The monoisotopic (exact) mass is 332 g/mol. The van der Waals surface area contributed by atoms with E-state index in [0.29, 0.717) is 0 Å². The van der Waals surface area contributed by atoms with Crippen LogP contribution in [0.3, 0.4) is 0 Å². The first kappa shape index (κ1) is 13.4. The number of ether oxygens (including phenoxy) is 1. The van der Waals surface area contributed by atoms with Gasteiger partial charge >= 0.3 is 0 Å². The van der Waals surface area contributed by atoms with Crippen molar-refractivity contribution in [1.29, 1.82) is 0 Å². The quantitative estimate of drug-likeness (QED) is 0.823. The maximum atomic E-state index is 5.91. The summed E-state index contributed by atoms with van der Waals surface area (Å²) in [7, 11) is 0. The van der Waals surface area contributed by atoms with Crippen LogP contribution in [0.1, 0.15) is 30.0 Å². The zero-order valence-electron chi connectivity index (χ0n) is 11.4. The summed E-state index contributed by atoms with van der Waals surface area (Å²) in [5, 5.41) is 3.58. The molecule has 104 valence electrons. The number of aryl methyl sites for hydroxylation is 1. The summed E-state index contributed by atoms with van der Waals surface area (Å²) in [6.07, 6.45) is 3.88.